The Morgan fingerprint density at radius 1 is 0.938 bits per heavy atom. The molecule has 0 saturated carbocycles. The van der Waals surface area contributed by atoms with Crippen LogP contribution in [0.5, 0.6) is 0 Å². The number of benzene rings is 3. The molecule has 0 aromatic heterocycles. The van der Waals surface area contributed by atoms with Crippen LogP contribution in [0.2, 0.25) is 0 Å². The molecule has 0 aliphatic carbocycles. The van der Waals surface area contributed by atoms with Gasteiger partial charge in [0.2, 0.25) is 0 Å². The smallest absolute Gasteiger partial charge is 0.338 e. The van der Waals surface area contributed by atoms with Crippen LogP contribution in [0.3, 0.4) is 0 Å². The summed E-state index contributed by atoms with van der Waals surface area (Å²) in [6.45, 7) is 5.50. The van der Waals surface area contributed by atoms with Crippen molar-refractivity contribution in [3.8, 4) is 0 Å². The van der Waals surface area contributed by atoms with Crippen molar-refractivity contribution in [3.63, 3.8) is 0 Å². The Kier molecular flexibility index (Phi) is 6.95. The first-order valence-electron chi connectivity index (χ1n) is 9.99. The molecule has 166 valence electrons. The van der Waals surface area contributed by atoms with Gasteiger partial charge in [-0.1, -0.05) is 29.8 Å². The minimum absolute atomic E-state index is 0.133. The first kappa shape index (κ1) is 23.0. The number of rotatable bonds is 7. The molecule has 0 fully saturated rings. The van der Waals surface area contributed by atoms with E-state index >= 15 is 0 Å². The summed E-state index contributed by atoms with van der Waals surface area (Å²) < 4.78 is 33.0. The van der Waals surface area contributed by atoms with Crippen molar-refractivity contribution in [1.82, 2.24) is 0 Å². The lowest BCUT2D eigenvalue weighted by molar-refractivity contribution is 0.0526. The zero-order valence-electron chi connectivity index (χ0n) is 18.0. The van der Waals surface area contributed by atoms with Crippen LogP contribution in [-0.2, 0) is 14.8 Å². The van der Waals surface area contributed by atoms with Crippen LogP contribution >= 0.6 is 0 Å². The second kappa shape index (κ2) is 9.65. The Balaban J connectivity index is 1.82. The zero-order chi connectivity index (χ0) is 23.3. The Labute approximate surface area is 187 Å². The largest absolute Gasteiger partial charge is 0.462 e. The maximum Gasteiger partial charge on any atom is 0.338 e. The number of ether oxygens (including phenoxy) is 1. The first-order valence-corrected chi connectivity index (χ1v) is 11.5. The van der Waals surface area contributed by atoms with Crippen LogP contribution in [0.4, 0.5) is 11.4 Å². The van der Waals surface area contributed by atoms with Gasteiger partial charge in [-0.3, -0.25) is 9.52 Å². The Hall–Kier alpha value is -3.65. The molecule has 8 heteroatoms. The van der Waals surface area contributed by atoms with Crippen molar-refractivity contribution in [1.29, 1.82) is 0 Å². The van der Waals surface area contributed by atoms with Crippen molar-refractivity contribution < 1.29 is 22.7 Å². The van der Waals surface area contributed by atoms with Crippen LogP contribution in [0.25, 0.3) is 0 Å². The summed E-state index contributed by atoms with van der Waals surface area (Å²) in [5, 5.41) is 2.74. The minimum Gasteiger partial charge on any atom is -0.462 e. The van der Waals surface area contributed by atoms with E-state index in [2.05, 4.69) is 10.0 Å². The number of anilines is 2. The molecule has 3 aromatic carbocycles. The van der Waals surface area contributed by atoms with Gasteiger partial charge in [-0.25, -0.2) is 13.2 Å². The number of carbonyl (C=O) groups is 2. The third-order valence-electron chi connectivity index (χ3n) is 4.79. The molecule has 3 rings (SSSR count). The second-order valence-electron chi connectivity index (χ2n) is 7.15. The van der Waals surface area contributed by atoms with E-state index in [0.717, 1.165) is 5.56 Å². The highest BCUT2D eigenvalue weighted by Gasteiger charge is 2.18. The topological polar surface area (TPSA) is 102 Å². The van der Waals surface area contributed by atoms with Gasteiger partial charge in [0, 0.05) is 11.3 Å². The molecule has 0 atom stereocenters. The SMILES string of the molecule is CCOC(=O)c1cccc(NC(=O)c2cccc(NS(=O)(=O)c3ccc(C)cc3)c2C)c1. The van der Waals surface area contributed by atoms with Gasteiger partial charge in [-0.15, -0.1) is 0 Å². The lowest BCUT2D eigenvalue weighted by Gasteiger charge is -2.14. The van der Waals surface area contributed by atoms with Crippen LogP contribution in [-0.4, -0.2) is 26.9 Å². The van der Waals surface area contributed by atoms with Crippen LogP contribution in [0.1, 0.15) is 38.8 Å². The average molecular weight is 453 g/mol. The maximum absolute atomic E-state index is 12.9. The number of hydrogen-bond donors (Lipinski definition) is 2. The summed E-state index contributed by atoms with van der Waals surface area (Å²) in [4.78, 5) is 24.9. The first-order chi connectivity index (χ1) is 15.2. The van der Waals surface area contributed by atoms with Crippen molar-refractivity contribution in [2.45, 2.75) is 25.7 Å². The second-order valence-corrected chi connectivity index (χ2v) is 8.83. The molecule has 0 heterocycles. The van der Waals surface area contributed by atoms with E-state index in [1.165, 1.54) is 18.2 Å². The summed E-state index contributed by atoms with van der Waals surface area (Å²) in [5.41, 5.74) is 2.77. The zero-order valence-corrected chi connectivity index (χ0v) is 18.8. The number of aryl methyl sites for hydroxylation is 1. The molecule has 0 bridgehead atoms. The molecule has 0 aliphatic heterocycles. The van der Waals surface area contributed by atoms with Crippen molar-refractivity contribution in [2.24, 2.45) is 0 Å². The van der Waals surface area contributed by atoms with E-state index in [0.29, 0.717) is 28.1 Å². The van der Waals surface area contributed by atoms with Gasteiger partial charge in [0.05, 0.1) is 22.8 Å². The number of esters is 1. The van der Waals surface area contributed by atoms with Gasteiger partial charge in [0.1, 0.15) is 0 Å². The van der Waals surface area contributed by atoms with Gasteiger partial charge in [-0.2, -0.15) is 0 Å². The third-order valence-corrected chi connectivity index (χ3v) is 6.17. The number of carbonyl (C=O) groups excluding carboxylic acids is 2. The highest BCUT2D eigenvalue weighted by Crippen LogP contribution is 2.24. The lowest BCUT2D eigenvalue weighted by atomic mass is 10.1. The third kappa shape index (κ3) is 5.33. The van der Waals surface area contributed by atoms with E-state index in [1.807, 2.05) is 6.92 Å². The molecule has 2 N–H and O–H groups in total. The molecule has 1 amide bonds. The van der Waals surface area contributed by atoms with Crippen molar-refractivity contribution in [3.05, 3.63) is 89.0 Å². The van der Waals surface area contributed by atoms with Crippen molar-refractivity contribution in [2.75, 3.05) is 16.6 Å². The highest BCUT2D eigenvalue weighted by molar-refractivity contribution is 7.92. The van der Waals surface area contributed by atoms with E-state index in [1.54, 1.807) is 62.4 Å². The molecule has 7 nitrogen and oxygen atoms in total. The Morgan fingerprint density at radius 3 is 2.31 bits per heavy atom. The molecule has 0 radical (unpaired) electrons. The van der Waals surface area contributed by atoms with Gasteiger partial charge in [0.15, 0.2) is 0 Å². The quantitative estimate of drug-likeness (QED) is 0.513. The van der Waals surface area contributed by atoms with E-state index in [9.17, 15) is 18.0 Å². The minimum atomic E-state index is -3.81. The molecular weight excluding hydrogens is 428 g/mol. The van der Waals surface area contributed by atoms with Gasteiger partial charge in [-0.05, 0) is 68.8 Å². The fourth-order valence-electron chi connectivity index (χ4n) is 3.05. The summed E-state index contributed by atoms with van der Waals surface area (Å²) in [7, 11) is -3.81. The number of nitrogens with one attached hydrogen (secondary N) is 2. The molecule has 32 heavy (non-hydrogen) atoms. The lowest BCUT2D eigenvalue weighted by Crippen LogP contribution is -2.17. The molecule has 0 aliphatic rings. The Bertz CT molecular complexity index is 1250. The summed E-state index contributed by atoms with van der Waals surface area (Å²) in [5.74, 6) is -0.910. The molecular formula is C24H24N2O5S. The monoisotopic (exact) mass is 452 g/mol. The van der Waals surface area contributed by atoms with E-state index in [-0.39, 0.29) is 11.5 Å². The van der Waals surface area contributed by atoms with Gasteiger partial charge >= 0.3 is 5.97 Å². The highest BCUT2D eigenvalue weighted by atomic mass is 32.2. The molecule has 0 spiro atoms. The summed E-state index contributed by atoms with van der Waals surface area (Å²) >= 11 is 0. The van der Waals surface area contributed by atoms with Crippen LogP contribution < -0.4 is 10.0 Å². The summed E-state index contributed by atoms with van der Waals surface area (Å²) in [6.07, 6.45) is 0. The van der Waals surface area contributed by atoms with Crippen LogP contribution in [0.15, 0.2) is 71.6 Å². The van der Waals surface area contributed by atoms with E-state index in [4.69, 9.17) is 4.74 Å². The standard InChI is InChI=1S/C24H24N2O5S/c1-4-31-24(28)18-7-5-8-19(15-18)25-23(27)21-9-6-10-22(17(21)3)26-32(29,30)20-13-11-16(2)12-14-20/h5-15,26H,4H2,1-3H3,(H,25,27). The maximum atomic E-state index is 12.9. The molecule has 0 unspecified atom stereocenters. The van der Waals surface area contributed by atoms with Crippen molar-refractivity contribution >= 4 is 33.3 Å². The van der Waals surface area contributed by atoms with Gasteiger partial charge < -0.3 is 10.1 Å². The van der Waals surface area contributed by atoms with Crippen LogP contribution in [0, 0.1) is 13.8 Å². The molecule has 3 aromatic rings. The Morgan fingerprint density at radius 2 is 1.62 bits per heavy atom. The fourth-order valence-corrected chi connectivity index (χ4v) is 4.17. The van der Waals surface area contributed by atoms with Gasteiger partial charge in [0.25, 0.3) is 15.9 Å². The molecule has 0 saturated heterocycles. The summed E-state index contributed by atoms with van der Waals surface area (Å²) in [6, 6.07) is 17.7. The number of hydrogen-bond acceptors (Lipinski definition) is 5. The normalized spacial score (nSPS) is 11.0. The fraction of sp³-hybridized carbons (Fsp3) is 0.167. The predicted molar refractivity (Wildman–Crippen MR) is 124 cm³/mol. The predicted octanol–water partition coefficient (Wildman–Crippen LogP) is 4.53. The number of sulfonamides is 1. The average Bonchev–Trinajstić information content (AvgIpc) is 2.75. The number of amides is 1. The van der Waals surface area contributed by atoms with E-state index < -0.39 is 21.9 Å².